The van der Waals surface area contributed by atoms with Crippen molar-refractivity contribution in [1.82, 2.24) is 40.6 Å². The highest BCUT2D eigenvalue weighted by atomic mass is 16.5. The number of hydrogen-bond acceptors (Lipinski definition) is 8. The van der Waals surface area contributed by atoms with Gasteiger partial charge in [-0.05, 0) is 36.8 Å². The molecule has 5 rings (SSSR count). The number of benzene rings is 2. The average Bonchev–Trinajstić information content (AvgIpc) is 3.72. The molecule has 1 aliphatic heterocycles. The van der Waals surface area contributed by atoms with Crippen molar-refractivity contribution < 1.29 is 19.1 Å². The molecule has 2 aromatic carbocycles. The number of aryl methyl sites for hydroxylation is 2. The number of ether oxygens (including phenoxy) is 2. The Morgan fingerprint density at radius 2 is 1.09 bits per heavy atom. The second kappa shape index (κ2) is 16.8. The number of amides is 2. The van der Waals surface area contributed by atoms with Gasteiger partial charge < -0.3 is 20.1 Å². The molecule has 0 radical (unpaired) electrons. The number of fused-ring (bicyclic) bond motifs is 4. The van der Waals surface area contributed by atoms with Crippen molar-refractivity contribution in [1.29, 1.82) is 0 Å². The number of hydrogen-bond donors (Lipinski definition) is 2. The summed E-state index contributed by atoms with van der Waals surface area (Å²) in [6.45, 7) is 6.11. The second-order valence-corrected chi connectivity index (χ2v) is 12.1. The van der Waals surface area contributed by atoms with E-state index in [1.807, 2.05) is 86.9 Å². The first kappa shape index (κ1) is 33.0. The number of carbonyl (C=O) groups is 2. The quantitative estimate of drug-likeness (QED) is 0.352. The van der Waals surface area contributed by atoms with Gasteiger partial charge in [0, 0.05) is 24.9 Å². The van der Waals surface area contributed by atoms with Gasteiger partial charge in [0.25, 0.3) is 0 Å². The summed E-state index contributed by atoms with van der Waals surface area (Å²) in [4.78, 5) is 26.4. The Morgan fingerprint density at radius 3 is 1.50 bits per heavy atom. The highest BCUT2D eigenvalue weighted by molar-refractivity contribution is 5.79. The zero-order valence-corrected chi connectivity index (χ0v) is 26.6. The van der Waals surface area contributed by atoms with E-state index in [-0.39, 0.29) is 48.9 Å². The summed E-state index contributed by atoms with van der Waals surface area (Å²) in [5.41, 5.74) is 3.61. The molecule has 0 spiro atoms. The lowest BCUT2D eigenvalue weighted by atomic mass is 10.0. The zero-order valence-electron chi connectivity index (χ0n) is 26.6. The third-order valence-electron chi connectivity index (χ3n) is 8.13. The molecule has 2 aromatic heterocycles. The maximum Gasteiger partial charge on any atom is 0.223 e. The smallest absolute Gasteiger partial charge is 0.223 e. The van der Waals surface area contributed by atoms with Crippen LogP contribution in [-0.4, -0.2) is 67.1 Å². The van der Waals surface area contributed by atoms with Crippen LogP contribution in [0.15, 0.2) is 73.1 Å². The molecule has 4 atom stereocenters. The molecule has 244 valence electrons. The van der Waals surface area contributed by atoms with Crippen molar-refractivity contribution in [2.24, 2.45) is 11.8 Å². The van der Waals surface area contributed by atoms with E-state index in [4.69, 9.17) is 9.47 Å². The van der Waals surface area contributed by atoms with Gasteiger partial charge >= 0.3 is 0 Å². The summed E-state index contributed by atoms with van der Waals surface area (Å²) < 4.78 is 15.5. The molecule has 0 saturated heterocycles. The van der Waals surface area contributed by atoms with Crippen molar-refractivity contribution >= 4 is 11.8 Å². The molecule has 46 heavy (non-hydrogen) atoms. The molecular weight excluding hydrogens is 584 g/mol. The molecule has 0 saturated carbocycles. The Labute approximate surface area is 269 Å². The molecule has 0 aliphatic carbocycles. The lowest BCUT2D eigenvalue weighted by Gasteiger charge is -2.21. The highest BCUT2D eigenvalue weighted by Gasteiger charge is 2.21. The summed E-state index contributed by atoms with van der Waals surface area (Å²) in [5.74, 6) is -0.543. The summed E-state index contributed by atoms with van der Waals surface area (Å²) >= 11 is 0. The number of rotatable bonds is 4. The summed E-state index contributed by atoms with van der Waals surface area (Å²) in [7, 11) is 0. The van der Waals surface area contributed by atoms with Crippen LogP contribution in [0.5, 0.6) is 0 Å². The first-order chi connectivity index (χ1) is 22.4. The van der Waals surface area contributed by atoms with Gasteiger partial charge in [0.1, 0.15) is 11.4 Å². The van der Waals surface area contributed by atoms with E-state index in [1.165, 1.54) is 0 Å². The van der Waals surface area contributed by atoms with Gasteiger partial charge in [-0.2, -0.15) is 0 Å². The minimum atomic E-state index is -0.239. The van der Waals surface area contributed by atoms with Gasteiger partial charge in [-0.25, -0.2) is 0 Å². The van der Waals surface area contributed by atoms with Crippen molar-refractivity contribution in [3.05, 3.63) is 95.6 Å². The highest BCUT2D eigenvalue weighted by Crippen LogP contribution is 2.12. The third-order valence-corrected chi connectivity index (χ3v) is 8.13. The molecule has 2 N–H and O–H groups in total. The fourth-order valence-corrected chi connectivity index (χ4v) is 5.34. The fraction of sp³-hybridized carbons (Fsp3) is 0.471. The van der Waals surface area contributed by atoms with E-state index < -0.39 is 0 Å². The van der Waals surface area contributed by atoms with Gasteiger partial charge in [0.05, 0.1) is 50.9 Å². The SMILES string of the molecule is C[C@@H]1CCn2cc(nn2)COC[C@H](Cc2ccccc2)NC(=O)[C@H](C)CCn2cc(nn2)COC[C@H](Cc2ccccc2)NC1=O. The van der Waals surface area contributed by atoms with Crippen molar-refractivity contribution in [2.75, 3.05) is 13.2 Å². The van der Waals surface area contributed by atoms with Gasteiger partial charge in [0.15, 0.2) is 0 Å². The fourth-order valence-electron chi connectivity index (χ4n) is 5.34. The lowest BCUT2D eigenvalue weighted by Crippen LogP contribution is -2.42. The Morgan fingerprint density at radius 1 is 0.674 bits per heavy atom. The third kappa shape index (κ3) is 10.3. The molecular formula is C34H44N8O4. The lowest BCUT2D eigenvalue weighted by molar-refractivity contribution is -0.126. The van der Waals surface area contributed by atoms with Crippen LogP contribution in [0.25, 0.3) is 0 Å². The predicted octanol–water partition coefficient (Wildman–Crippen LogP) is 3.12. The van der Waals surface area contributed by atoms with Gasteiger partial charge in [0.2, 0.25) is 11.8 Å². The standard InChI is InChI=1S/C34H44N8O4/c1-25-13-15-41-19-31(37-39-41)23-46-22-30(18-28-11-7-4-8-12-28)36-34(44)26(2)14-16-42-20-32(38-40-42)24-45-21-29(35-33(25)43)17-27-9-5-3-6-10-27/h3-12,19-20,25-26,29-30H,13-18,21-24H2,1-2H3,(H,35,43)(H,36,44)/t25-,26-,29+,30+/m1/s1. The van der Waals surface area contributed by atoms with Crippen LogP contribution in [0.4, 0.5) is 0 Å². The van der Waals surface area contributed by atoms with E-state index in [9.17, 15) is 9.59 Å². The molecule has 12 heteroatoms. The van der Waals surface area contributed by atoms with Gasteiger partial charge in [-0.15, -0.1) is 10.2 Å². The van der Waals surface area contributed by atoms with Crippen LogP contribution in [0.2, 0.25) is 0 Å². The maximum absolute atomic E-state index is 13.2. The zero-order chi connectivity index (χ0) is 32.1. The molecule has 3 heterocycles. The molecule has 0 unspecified atom stereocenters. The number of nitrogens with zero attached hydrogens (tertiary/aromatic N) is 6. The van der Waals surface area contributed by atoms with Crippen molar-refractivity contribution in [3.8, 4) is 0 Å². The number of carbonyl (C=O) groups excluding carboxylic acids is 2. The second-order valence-electron chi connectivity index (χ2n) is 12.1. The molecule has 4 aromatic rings. The molecule has 1 aliphatic rings. The molecule has 12 nitrogen and oxygen atoms in total. The van der Waals surface area contributed by atoms with E-state index in [1.54, 1.807) is 9.36 Å². The first-order valence-electron chi connectivity index (χ1n) is 16.0. The van der Waals surface area contributed by atoms with Crippen LogP contribution >= 0.6 is 0 Å². The van der Waals surface area contributed by atoms with Crippen LogP contribution in [0.3, 0.4) is 0 Å². The van der Waals surface area contributed by atoms with E-state index in [0.29, 0.717) is 63.4 Å². The van der Waals surface area contributed by atoms with Crippen LogP contribution < -0.4 is 10.6 Å². The van der Waals surface area contributed by atoms with Crippen molar-refractivity contribution in [2.45, 2.75) is 77.9 Å². The predicted molar refractivity (Wildman–Crippen MR) is 171 cm³/mol. The minimum absolute atomic E-state index is 0.0331. The monoisotopic (exact) mass is 628 g/mol. The summed E-state index contributed by atoms with van der Waals surface area (Å²) in [6, 6.07) is 19.7. The van der Waals surface area contributed by atoms with Crippen LogP contribution in [0, 0.1) is 11.8 Å². The summed E-state index contributed by atoms with van der Waals surface area (Å²) in [6.07, 6.45) is 6.17. The Balaban J connectivity index is 1.27. The topological polar surface area (TPSA) is 138 Å². The van der Waals surface area contributed by atoms with Gasteiger partial charge in [-0.1, -0.05) is 84.9 Å². The van der Waals surface area contributed by atoms with Crippen molar-refractivity contribution in [3.63, 3.8) is 0 Å². The molecule has 4 bridgehead atoms. The normalized spacial score (nSPS) is 22.7. The summed E-state index contributed by atoms with van der Waals surface area (Å²) in [5, 5.41) is 23.4. The Kier molecular flexibility index (Phi) is 12.0. The number of aromatic nitrogens is 6. The Bertz CT molecular complexity index is 1400. The minimum Gasteiger partial charge on any atom is -0.373 e. The molecule has 2 amide bonds. The van der Waals surface area contributed by atoms with Crippen LogP contribution in [-0.2, 0) is 58.2 Å². The van der Waals surface area contributed by atoms with E-state index in [2.05, 4.69) is 31.3 Å². The first-order valence-corrected chi connectivity index (χ1v) is 16.0. The maximum atomic E-state index is 13.2. The Hall–Kier alpha value is -4.42. The average molecular weight is 629 g/mol. The number of nitrogens with one attached hydrogen (secondary N) is 2. The van der Waals surface area contributed by atoms with E-state index in [0.717, 1.165) is 11.1 Å². The molecule has 0 fully saturated rings. The van der Waals surface area contributed by atoms with Gasteiger partial charge in [-0.3, -0.25) is 19.0 Å². The van der Waals surface area contributed by atoms with Crippen LogP contribution in [0.1, 0.15) is 49.2 Å². The largest absolute Gasteiger partial charge is 0.373 e. The van der Waals surface area contributed by atoms with E-state index >= 15 is 0 Å².